The fraction of sp³-hybridized carbons (Fsp3) is 0.455. The Morgan fingerprint density at radius 1 is 1.36 bits per heavy atom. The molecule has 2 heterocycles. The highest BCUT2D eigenvalue weighted by molar-refractivity contribution is 5.65. The maximum atomic E-state index is 5.79. The van der Waals surface area contributed by atoms with Gasteiger partial charge in [0.15, 0.2) is 0 Å². The monoisotopic (exact) mass is 190 g/mol. The molecule has 14 heavy (non-hydrogen) atoms. The van der Waals surface area contributed by atoms with Crippen LogP contribution in [0.3, 0.4) is 0 Å². The number of rotatable bonds is 1. The molecular weight excluding hydrogens is 176 g/mol. The molecule has 1 aromatic carbocycles. The molecule has 0 atom stereocenters. The lowest BCUT2D eigenvalue weighted by Gasteiger charge is -2.36. The van der Waals surface area contributed by atoms with Crippen LogP contribution in [0.25, 0.3) is 0 Å². The summed E-state index contributed by atoms with van der Waals surface area (Å²) < 4.78 is 5.22. The number of nitrogens with zero attached hydrogens (tertiary/aromatic N) is 1. The number of nitrogens with two attached hydrogens (primary N) is 1. The van der Waals surface area contributed by atoms with Crippen molar-refractivity contribution in [3.8, 4) is 0 Å². The van der Waals surface area contributed by atoms with E-state index in [1.165, 1.54) is 11.3 Å². The van der Waals surface area contributed by atoms with Crippen molar-refractivity contribution in [1.82, 2.24) is 0 Å². The van der Waals surface area contributed by atoms with Crippen LogP contribution < -0.4 is 10.6 Å². The molecule has 0 aliphatic carbocycles. The van der Waals surface area contributed by atoms with E-state index in [2.05, 4.69) is 17.0 Å². The minimum absolute atomic E-state index is 0.582. The highest BCUT2D eigenvalue weighted by Crippen LogP contribution is 2.32. The first-order valence-electron chi connectivity index (χ1n) is 5.07. The SMILES string of the molecule is Nc1ccc2c(c1)N(C1COC1)CC2. The van der Waals surface area contributed by atoms with Gasteiger partial charge in [-0.1, -0.05) is 6.07 Å². The van der Waals surface area contributed by atoms with Crippen molar-refractivity contribution in [1.29, 1.82) is 0 Å². The van der Waals surface area contributed by atoms with E-state index in [-0.39, 0.29) is 0 Å². The van der Waals surface area contributed by atoms with Gasteiger partial charge >= 0.3 is 0 Å². The Morgan fingerprint density at radius 2 is 2.21 bits per heavy atom. The average Bonchev–Trinajstić information content (AvgIpc) is 2.46. The number of hydrogen-bond donors (Lipinski definition) is 1. The first-order valence-corrected chi connectivity index (χ1v) is 5.07. The second-order valence-electron chi connectivity index (χ2n) is 4.02. The van der Waals surface area contributed by atoms with Gasteiger partial charge in [0.05, 0.1) is 19.3 Å². The van der Waals surface area contributed by atoms with Crippen molar-refractivity contribution in [2.45, 2.75) is 12.5 Å². The van der Waals surface area contributed by atoms with E-state index < -0.39 is 0 Å². The first-order chi connectivity index (χ1) is 6.84. The Labute approximate surface area is 83.5 Å². The van der Waals surface area contributed by atoms with Gasteiger partial charge in [0, 0.05) is 17.9 Å². The molecule has 2 N–H and O–H groups in total. The predicted molar refractivity (Wildman–Crippen MR) is 56.5 cm³/mol. The molecule has 0 aromatic heterocycles. The molecule has 74 valence electrons. The molecule has 0 unspecified atom stereocenters. The summed E-state index contributed by atoms with van der Waals surface area (Å²) in [6.07, 6.45) is 1.14. The molecule has 2 aliphatic rings. The molecule has 3 heteroatoms. The van der Waals surface area contributed by atoms with Crippen molar-refractivity contribution in [3.63, 3.8) is 0 Å². The van der Waals surface area contributed by atoms with Gasteiger partial charge in [0.1, 0.15) is 0 Å². The number of nitrogen functional groups attached to an aromatic ring is 1. The first kappa shape index (κ1) is 8.12. The zero-order valence-corrected chi connectivity index (χ0v) is 8.07. The number of hydrogen-bond acceptors (Lipinski definition) is 3. The van der Waals surface area contributed by atoms with Crippen LogP contribution in [-0.4, -0.2) is 25.8 Å². The zero-order chi connectivity index (χ0) is 9.54. The highest BCUT2D eigenvalue weighted by Gasteiger charge is 2.30. The van der Waals surface area contributed by atoms with E-state index in [0.29, 0.717) is 6.04 Å². The fourth-order valence-corrected chi connectivity index (χ4v) is 2.20. The van der Waals surface area contributed by atoms with E-state index in [1.807, 2.05) is 6.07 Å². The lowest BCUT2D eigenvalue weighted by Crippen LogP contribution is -2.48. The third kappa shape index (κ3) is 1.09. The number of fused-ring (bicyclic) bond motifs is 1. The molecule has 0 spiro atoms. The number of anilines is 2. The molecule has 3 rings (SSSR count). The Balaban J connectivity index is 1.95. The second kappa shape index (κ2) is 2.89. The van der Waals surface area contributed by atoms with Gasteiger partial charge in [-0.3, -0.25) is 0 Å². The van der Waals surface area contributed by atoms with E-state index >= 15 is 0 Å². The van der Waals surface area contributed by atoms with Crippen molar-refractivity contribution in [2.75, 3.05) is 30.4 Å². The molecule has 1 fully saturated rings. The smallest absolute Gasteiger partial charge is 0.0757 e. The topological polar surface area (TPSA) is 38.5 Å². The van der Waals surface area contributed by atoms with Crippen LogP contribution in [0.1, 0.15) is 5.56 Å². The van der Waals surface area contributed by atoms with Crippen molar-refractivity contribution < 1.29 is 4.74 Å². The summed E-state index contributed by atoms with van der Waals surface area (Å²) in [7, 11) is 0. The van der Waals surface area contributed by atoms with Gasteiger partial charge in [-0.05, 0) is 24.1 Å². The fourth-order valence-electron chi connectivity index (χ4n) is 2.20. The summed E-state index contributed by atoms with van der Waals surface area (Å²) >= 11 is 0. The summed E-state index contributed by atoms with van der Waals surface area (Å²) in [4.78, 5) is 2.43. The third-order valence-corrected chi connectivity index (χ3v) is 3.10. The van der Waals surface area contributed by atoms with Crippen molar-refractivity contribution >= 4 is 11.4 Å². The molecule has 1 saturated heterocycles. The van der Waals surface area contributed by atoms with E-state index in [0.717, 1.165) is 31.9 Å². The predicted octanol–water partition coefficient (Wildman–Crippen LogP) is 1.03. The summed E-state index contributed by atoms with van der Waals surface area (Å²) in [6, 6.07) is 6.79. The highest BCUT2D eigenvalue weighted by atomic mass is 16.5. The minimum atomic E-state index is 0.582. The molecule has 1 aromatic rings. The second-order valence-corrected chi connectivity index (χ2v) is 4.02. The van der Waals surface area contributed by atoms with Crippen LogP contribution in [0.2, 0.25) is 0 Å². The lowest BCUT2D eigenvalue weighted by atomic mass is 10.1. The third-order valence-electron chi connectivity index (χ3n) is 3.10. The largest absolute Gasteiger partial charge is 0.399 e. The van der Waals surface area contributed by atoms with Crippen molar-refractivity contribution in [3.05, 3.63) is 23.8 Å². The molecule has 0 amide bonds. The number of benzene rings is 1. The molecule has 3 nitrogen and oxygen atoms in total. The van der Waals surface area contributed by atoms with Crippen molar-refractivity contribution in [2.24, 2.45) is 0 Å². The van der Waals surface area contributed by atoms with Crippen LogP contribution in [0.15, 0.2) is 18.2 Å². The molecule has 2 aliphatic heterocycles. The van der Waals surface area contributed by atoms with Crippen LogP contribution in [0.5, 0.6) is 0 Å². The number of ether oxygens (including phenoxy) is 1. The van der Waals surface area contributed by atoms with E-state index in [1.54, 1.807) is 0 Å². The van der Waals surface area contributed by atoms with Gasteiger partial charge in [-0.2, -0.15) is 0 Å². The molecule has 0 saturated carbocycles. The summed E-state index contributed by atoms with van der Waals surface area (Å²) in [6.45, 7) is 2.86. The van der Waals surface area contributed by atoms with Gasteiger partial charge in [-0.25, -0.2) is 0 Å². The maximum absolute atomic E-state index is 5.79. The quantitative estimate of drug-likeness (QED) is 0.672. The zero-order valence-electron chi connectivity index (χ0n) is 8.07. The lowest BCUT2D eigenvalue weighted by molar-refractivity contribution is 0.00887. The molecule has 0 bridgehead atoms. The average molecular weight is 190 g/mol. The van der Waals surface area contributed by atoms with Gasteiger partial charge < -0.3 is 15.4 Å². The Bertz CT molecular complexity index is 360. The van der Waals surface area contributed by atoms with Crippen LogP contribution in [0, 0.1) is 0 Å². The van der Waals surface area contributed by atoms with Crippen LogP contribution in [0.4, 0.5) is 11.4 Å². The van der Waals surface area contributed by atoms with Gasteiger partial charge in [0.2, 0.25) is 0 Å². The Hall–Kier alpha value is -1.22. The summed E-state index contributed by atoms with van der Waals surface area (Å²) in [5, 5.41) is 0. The molecule has 0 radical (unpaired) electrons. The van der Waals surface area contributed by atoms with Crippen LogP contribution >= 0.6 is 0 Å². The van der Waals surface area contributed by atoms with E-state index in [4.69, 9.17) is 10.5 Å². The summed E-state index contributed by atoms with van der Waals surface area (Å²) in [5.41, 5.74) is 9.39. The summed E-state index contributed by atoms with van der Waals surface area (Å²) in [5.74, 6) is 0. The van der Waals surface area contributed by atoms with Crippen LogP contribution in [-0.2, 0) is 11.2 Å². The molecular formula is C11H14N2O. The normalized spacial score (nSPS) is 20.7. The standard InChI is InChI=1S/C11H14N2O/c12-9-2-1-8-3-4-13(11(8)5-9)10-6-14-7-10/h1-2,5,10H,3-4,6-7,12H2. The minimum Gasteiger partial charge on any atom is -0.399 e. The van der Waals surface area contributed by atoms with Gasteiger partial charge in [-0.15, -0.1) is 0 Å². The van der Waals surface area contributed by atoms with Gasteiger partial charge in [0.25, 0.3) is 0 Å². The maximum Gasteiger partial charge on any atom is 0.0757 e. The Kier molecular flexibility index (Phi) is 1.67. The van der Waals surface area contributed by atoms with E-state index in [9.17, 15) is 0 Å². The Morgan fingerprint density at radius 3 is 2.93 bits per heavy atom.